The van der Waals surface area contributed by atoms with E-state index in [0.29, 0.717) is 0 Å². The highest BCUT2D eigenvalue weighted by molar-refractivity contribution is 5.76. The van der Waals surface area contributed by atoms with Crippen molar-refractivity contribution in [3.05, 3.63) is 0 Å². The Hall–Kier alpha value is -1.29. The molecule has 0 heterocycles. The molecule has 0 bridgehead atoms. The van der Waals surface area contributed by atoms with Crippen molar-refractivity contribution < 1.29 is 23.1 Å². The van der Waals surface area contributed by atoms with E-state index in [1.165, 1.54) is 6.92 Å². The van der Waals surface area contributed by atoms with Crippen molar-refractivity contribution in [2.45, 2.75) is 25.8 Å². The van der Waals surface area contributed by atoms with Gasteiger partial charge in [0.15, 0.2) is 6.04 Å². The van der Waals surface area contributed by atoms with E-state index < -0.39 is 24.9 Å². The summed E-state index contributed by atoms with van der Waals surface area (Å²) in [6.07, 6.45) is -2.46. The Morgan fingerprint density at radius 2 is 2.23 bits per heavy atom. The molecule has 0 aliphatic rings. The van der Waals surface area contributed by atoms with Crippen LogP contribution in [0.25, 0.3) is 0 Å². The number of rotatable bonds is 5. The number of carbonyl (C=O) groups excluding carboxylic acids is 2. The molecule has 0 amide bonds. The number of carbonyl (C=O) groups is 1. The number of isocyanates is 1. The van der Waals surface area contributed by atoms with Crippen molar-refractivity contribution in [1.82, 2.24) is 0 Å². The van der Waals surface area contributed by atoms with Gasteiger partial charge in [0, 0.05) is 6.42 Å². The Balaban J connectivity index is 4.23. The maximum Gasteiger partial charge on any atom is 0.332 e. The van der Waals surface area contributed by atoms with Crippen LogP contribution in [-0.2, 0) is 14.3 Å². The fourth-order valence-electron chi connectivity index (χ4n) is 0.672. The van der Waals surface area contributed by atoms with Gasteiger partial charge in [0.25, 0.3) is 0 Å². The van der Waals surface area contributed by atoms with E-state index in [4.69, 9.17) is 0 Å². The van der Waals surface area contributed by atoms with Gasteiger partial charge in [-0.15, -0.1) is 0 Å². The molecule has 0 aliphatic carbocycles. The fourth-order valence-corrected chi connectivity index (χ4v) is 0.672. The minimum Gasteiger partial charge on any atom is -0.464 e. The average molecular weight is 193 g/mol. The third kappa shape index (κ3) is 5.03. The van der Waals surface area contributed by atoms with Crippen LogP contribution in [0.2, 0.25) is 0 Å². The molecule has 0 aromatic rings. The summed E-state index contributed by atoms with van der Waals surface area (Å²) < 4.78 is 28.0. The lowest BCUT2D eigenvalue weighted by molar-refractivity contribution is -0.145. The number of ether oxygens (including phenoxy) is 1. The second kappa shape index (κ2) is 6.25. The molecule has 0 aromatic heterocycles. The Bertz CT molecular complexity index is 214. The summed E-state index contributed by atoms with van der Waals surface area (Å²) in [6, 6.07) is -1.43. The van der Waals surface area contributed by atoms with Crippen molar-refractivity contribution >= 4 is 12.0 Å². The minimum atomic E-state index is -2.70. The molecule has 74 valence electrons. The topological polar surface area (TPSA) is 55.7 Å². The summed E-state index contributed by atoms with van der Waals surface area (Å²) in [4.78, 5) is 23.5. The molecule has 0 aromatic carbocycles. The molecular formula is C7H9F2NO3. The first-order chi connectivity index (χ1) is 6.11. The molecule has 0 fully saturated rings. The van der Waals surface area contributed by atoms with Gasteiger partial charge in [-0.3, -0.25) is 0 Å². The maximum atomic E-state index is 11.8. The largest absolute Gasteiger partial charge is 0.464 e. The quantitative estimate of drug-likeness (QED) is 0.370. The fraction of sp³-hybridized carbons (Fsp3) is 0.714. The van der Waals surface area contributed by atoms with E-state index in [0.717, 1.165) is 6.08 Å². The van der Waals surface area contributed by atoms with Gasteiger partial charge in [-0.2, -0.15) is 4.99 Å². The number of nitrogens with zero attached hydrogens (tertiary/aromatic N) is 1. The van der Waals surface area contributed by atoms with E-state index >= 15 is 0 Å². The number of aliphatic imine (C=N–C) groups is 1. The van der Waals surface area contributed by atoms with Crippen molar-refractivity contribution in [2.75, 3.05) is 6.61 Å². The zero-order valence-corrected chi connectivity index (χ0v) is 7.00. The maximum absolute atomic E-state index is 11.8. The molecule has 1 unspecified atom stereocenters. The molecule has 0 spiro atoms. The van der Waals surface area contributed by atoms with Gasteiger partial charge in [0.2, 0.25) is 12.5 Å². The number of esters is 1. The highest BCUT2D eigenvalue weighted by Crippen LogP contribution is 2.08. The normalized spacial score (nSPS) is 12.0. The van der Waals surface area contributed by atoms with E-state index in [9.17, 15) is 18.4 Å². The molecule has 0 aliphatic heterocycles. The predicted molar refractivity (Wildman–Crippen MR) is 39.2 cm³/mol. The highest BCUT2D eigenvalue weighted by atomic mass is 19.3. The molecule has 0 saturated carbocycles. The minimum absolute atomic E-state index is 0.0624. The van der Waals surface area contributed by atoms with Crippen LogP contribution in [0.3, 0.4) is 0 Å². The van der Waals surface area contributed by atoms with Crippen LogP contribution in [0.1, 0.15) is 13.3 Å². The lowest BCUT2D eigenvalue weighted by Crippen LogP contribution is -2.23. The summed E-state index contributed by atoms with van der Waals surface area (Å²) >= 11 is 0. The molecule has 0 radical (unpaired) electrons. The van der Waals surface area contributed by atoms with Crippen LogP contribution >= 0.6 is 0 Å². The average Bonchev–Trinajstić information content (AvgIpc) is 2.03. The molecule has 0 saturated heterocycles. The van der Waals surface area contributed by atoms with E-state index in [1.807, 2.05) is 0 Å². The highest BCUT2D eigenvalue weighted by Gasteiger charge is 2.23. The van der Waals surface area contributed by atoms with Gasteiger partial charge in [0.05, 0.1) is 6.61 Å². The van der Waals surface area contributed by atoms with Gasteiger partial charge in [0.1, 0.15) is 0 Å². The monoisotopic (exact) mass is 193 g/mol. The smallest absolute Gasteiger partial charge is 0.332 e. The molecule has 0 N–H and O–H groups in total. The van der Waals surface area contributed by atoms with Crippen LogP contribution in [0.4, 0.5) is 8.78 Å². The van der Waals surface area contributed by atoms with Crippen LogP contribution in [0.5, 0.6) is 0 Å². The number of hydrogen-bond acceptors (Lipinski definition) is 4. The first-order valence-electron chi connectivity index (χ1n) is 3.63. The van der Waals surface area contributed by atoms with Gasteiger partial charge >= 0.3 is 5.97 Å². The Morgan fingerprint density at radius 1 is 1.62 bits per heavy atom. The Kier molecular flexibility index (Phi) is 5.63. The third-order valence-corrected chi connectivity index (χ3v) is 1.17. The summed E-state index contributed by atoms with van der Waals surface area (Å²) in [7, 11) is 0. The molecule has 13 heavy (non-hydrogen) atoms. The Morgan fingerprint density at radius 3 is 2.62 bits per heavy atom. The van der Waals surface area contributed by atoms with Gasteiger partial charge < -0.3 is 4.74 Å². The molecule has 6 heteroatoms. The summed E-state index contributed by atoms with van der Waals surface area (Å²) in [5.74, 6) is -0.925. The zero-order valence-electron chi connectivity index (χ0n) is 7.00. The standard InChI is InChI=1S/C7H9F2NO3/c1-2-13-7(12)5(10-4-11)3-6(8)9/h5-6H,2-3H2,1H3. The van der Waals surface area contributed by atoms with E-state index in [1.54, 1.807) is 0 Å². The van der Waals surface area contributed by atoms with Crippen LogP contribution < -0.4 is 0 Å². The number of alkyl halides is 2. The van der Waals surface area contributed by atoms with Crippen LogP contribution in [0.15, 0.2) is 4.99 Å². The summed E-state index contributed by atoms with van der Waals surface area (Å²) in [5, 5.41) is 0. The number of hydrogen-bond donors (Lipinski definition) is 0. The SMILES string of the molecule is CCOC(=O)C(CC(F)F)N=C=O. The molecule has 1 atom stereocenters. The first-order valence-corrected chi connectivity index (χ1v) is 3.63. The van der Waals surface area contributed by atoms with Gasteiger partial charge in [-0.05, 0) is 6.92 Å². The lowest BCUT2D eigenvalue weighted by atomic mass is 10.2. The third-order valence-electron chi connectivity index (χ3n) is 1.17. The number of halogens is 2. The first kappa shape index (κ1) is 11.7. The second-order valence-electron chi connectivity index (χ2n) is 2.12. The van der Waals surface area contributed by atoms with Crippen molar-refractivity contribution in [2.24, 2.45) is 4.99 Å². The van der Waals surface area contributed by atoms with Gasteiger partial charge in [-0.1, -0.05) is 0 Å². The lowest BCUT2D eigenvalue weighted by Gasteiger charge is -2.07. The predicted octanol–water partition coefficient (Wildman–Crippen LogP) is 0.909. The van der Waals surface area contributed by atoms with E-state index in [-0.39, 0.29) is 6.61 Å². The molecular weight excluding hydrogens is 184 g/mol. The Labute approximate surface area is 73.6 Å². The van der Waals surface area contributed by atoms with Crippen molar-refractivity contribution in [3.63, 3.8) is 0 Å². The van der Waals surface area contributed by atoms with Crippen LogP contribution in [0, 0.1) is 0 Å². The zero-order chi connectivity index (χ0) is 10.3. The summed E-state index contributed by atoms with van der Waals surface area (Å²) in [5.41, 5.74) is 0. The van der Waals surface area contributed by atoms with Gasteiger partial charge in [-0.25, -0.2) is 18.4 Å². The molecule has 0 rings (SSSR count). The van der Waals surface area contributed by atoms with Crippen molar-refractivity contribution in [3.8, 4) is 0 Å². The summed E-state index contributed by atoms with van der Waals surface area (Å²) in [6.45, 7) is 1.59. The molecule has 4 nitrogen and oxygen atoms in total. The van der Waals surface area contributed by atoms with Crippen molar-refractivity contribution in [1.29, 1.82) is 0 Å². The van der Waals surface area contributed by atoms with Crippen LogP contribution in [-0.4, -0.2) is 31.1 Å². The second-order valence-corrected chi connectivity index (χ2v) is 2.12. The van der Waals surface area contributed by atoms with E-state index in [2.05, 4.69) is 9.73 Å².